The molecule has 1 heterocycles. The normalized spacial score (nSPS) is 19.9. The summed E-state index contributed by atoms with van der Waals surface area (Å²) in [5.74, 6) is -4.80. The third-order valence-electron chi connectivity index (χ3n) is 10.3. The lowest BCUT2D eigenvalue weighted by atomic mass is 9.82. The molecule has 62 heavy (non-hydrogen) atoms. The zero-order valence-electron chi connectivity index (χ0n) is 34.9. The van der Waals surface area contributed by atoms with Crippen LogP contribution in [0, 0.1) is 5.82 Å². The Morgan fingerprint density at radius 2 is 1.23 bits per heavy atom. The van der Waals surface area contributed by atoms with Gasteiger partial charge in [0.1, 0.15) is 30.4 Å². The summed E-state index contributed by atoms with van der Waals surface area (Å²) in [6, 6.07) is 34.3. The van der Waals surface area contributed by atoms with Crippen LogP contribution in [0.5, 0.6) is 5.75 Å². The number of rotatable bonds is 15. The predicted molar refractivity (Wildman–Crippen MR) is 223 cm³/mol. The highest BCUT2D eigenvalue weighted by atomic mass is 19.1. The molecule has 13 heteroatoms. The monoisotopic (exact) mass is 846 g/mol. The van der Waals surface area contributed by atoms with E-state index in [1.165, 1.54) is 57.2 Å². The Hall–Kier alpha value is -6.86. The van der Waals surface area contributed by atoms with E-state index in [1.807, 2.05) is 31.2 Å². The molecule has 6 rings (SSSR count). The average Bonchev–Trinajstić information content (AvgIpc) is 3.26. The van der Waals surface area contributed by atoms with Gasteiger partial charge in [0.15, 0.2) is 11.7 Å². The average molecular weight is 847 g/mol. The van der Waals surface area contributed by atoms with Crippen LogP contribution in [0.4, 0.5) is 4.39 Å². The summed E-state index contributed by atoms with van der Waals surface area (Å²) in [5.41, 5.74) is 0.427. The lowest BCUT2D eigenvalue weighted by Gasteiger charge is -2.51. The first-order valence-corrected chi connectivity index (χ1v) is 20.1. The Bertz CT molecular complexity index is 2350. The summed E-state index contributed by atoms with van der Waals surface area (Å²) in [4.78, 5) is 66.5. The van der Waals surface area contributed by atoms with Crippen molar-refractivity contribution in [3.63, 3.8) is 0 Å². The zero-order valence-corrected chi connectivity index (χ0v) is 34.9. The Balaban J connectivity index is 1.52. The van der Waals surface area contributed by atoms with Crippen LogP contribution in [0.3, 0.4) is 0 Å². The molecule has 1 fully saturated rings. The van der Waals surface area contributed by atoms with Crippen molar-refractivity contribution >= 4 is 29.8 Å². The second-order valence-electron chi connectivity index (χ2n) is 14.9. The van der Waals surface area contributed by atoms with Gasteiger partial charge in [-0.15, -0.1) is 0 Å². The van der Waals surface area contributed by atoms with E-state index in [9.17, 15) is 24.0 Å². The minimum absolute atomic E-state index is 0.0201. The van der Waals surface area contributed by atoms with E-state index in [0.717, 1.165) is 24.5 Å². The third kappa shape index (κ3) is 10.9. The van der Waals surface area contributed by atoms with E-state index in [1.54, 1.807) is 66.7 Å². The summed E-state index contributed by atoms with van der Waals surface area (Å²) in [6.07, 6.45) is -7.20. The molecule has 5 aromatic rings. The lowest BCUT2D eigenvalue weighted by Crippen LogP contribution is -2.71. The van der Waals surface area contributed by atoms with Crippen LogP contribution in [-0.4, -0.2) is 66.2 Å². The molecule has 1 aliphatic heterocycles. The van der Waals surface area contributed by atoms with Crippen molar-refractivity contribution in [2.75, 3.05) is 0 Å². The number of halogens is 1. The van der Waals surface area contributed by atoms with Gasteiger partial charge in [-0.05, 0) is 85.5 Å². The highest BCUT2D eigenvalue weighted by molar-refractivity contribution is 5.91. The van der Waals surface area contributed by atoms with Crippen molar-refractivity contribution in [1.82, 2.24) is 0 Å². The molecule has 0 amide bonds. The van der Waals surface area contributed by atoms with Gasteiger partial charge in [-0.2, -0.15) is 0 Å². The molecule has 0 bridgehead atoms. The number of ether oxygens (including phenoxy) is 7. The zero-order chi connectivity index (χ0) is 44.4. The Morgan fingerprint density at radius 3 is 1.76 bits per heavy atom. The van der Waals surface area contributed by atoms with Crippen LogP contribution >= 0.6 is 0 Å². The van der Waals surface area contributed by atoms with Crippen molar-refractivity contribution in [2.24, 2.45) is 0 Å². The van der Waals surface area contributed by atoms with Crippen molar-refractivity contribution in [1.29, 1.82) is 0 Å². The highest BCUT2D eigenvalue weighted by Crippen LogP contribution is 2.41. The number of hydrogen-bond acceptors (Lipinski definition) is 12. The highest BCUT2D eigenvalue weighted by Gasteiger charge is 2.63. The molecule has 0 N–H and O–H groups in total. The molecule has 0 unspecified atom stereocenters. The molecule has 0 aromatic heterocycles. The molecule has 322 valence electrons. The van der Waals surface area contributed by atoms with Crippen molar-refractivity contribution in [2.45, 2.75) is 90.4 Å². The third-order valence-corrected chi connectivity index (χ3v) is 10.3. The fourth-order valence-electron chi connectivity index (χ4n) is 7.21. The summed E-state index contributed by atoms with van der Waals surface area (Å²) in [7, 11) is 0. The first kappa shape index (κ1) is 44.7. The van der Waals surface area contributed by atoms with E-state index in [-0.39, 0.29) is 46.6 Å². The number of carbonyl (C=O) groups is 5. The molecule has 6 atom stereocenters. The Labute approximate surface area is 358 Å². The predicted octanol–water partition coefficient (Wildman–Crippen LogP) is 8.16. The van der Waals surface area contributed by atoms with Crippen LogP contribution in [0.25, 0.3) is 0 Å². The van der Waals surface area contributed by atoms with Crippen molar-refractivity contribution in [3.8, 4) is 5.75 Å². The molecule has 5 aromatic carbocycles. The molecule has 0 spiro atoms. The van der Waals surface area contributed by atoms with E-state index in [4.69, 9.17) is 33.2 Å². The molecule has 0 aliphatic carbocycles. The molecule has 12 nitrogen and oxygen atoms in total. The van der Waals surface area contributed by atoms with Crippen LogP contribution in [-0.2, 0) is 57.5 Å². The van der Waals surface area contributed by atoms with Crippen LogP contribution in [0.1, 0.15) is 87.9 Å². The van der Waals surface area contributed by atoms with Gasteiger partial charge in [0.25, 0.3) is 0 Å². The molecular weight excluding hydrogens is 800 g/mol. The SMILES string of the molecule is CCc1ccc(Cc2c(F)cc(COC(C)=O)cc2O[C@@H]2O[C@H]([C@@H](C)OC(=O)c3ccccc3)[C@@](C)(OC(C)=O)[C@H](OC(=O)c3ccccc3)[C@H]2OC(=O)c2ccccc2)cc1. The maximum atomic E-state index is 16.4. The van der Waals surface area contributed by atoms with E-state index in [2.05, 4.69) is 0 Å². The van der Waals surface area contributed by atoms with E-state index < -0.39 is 72.0 Å². The molecule has 0 radical (unpaired) electrons. The second-order valence-corrected chi connectivity index (χ2v) is 14.9. The van der Waals surface area contributed by atoms with Gasteiger partial charge in [-0.1, -0.05) is 85.8 Å². The van der Waals surface area contributed by atoms with Gasteiger partial charge in [0.05, 0.1) is 16.7 Å². The van der Waals surface area contributed by atoms with Crippen LogP contribution < -0.4 is 4.74 Å². The van der Waals surface area contributed by atoms with Gasteiger partial charge in [0, 0.05) is 25.8 Å². The van der Waals surface area contributed by atoms with Crippen LogP contribution in [0.15, 0.2) is 127 Å². The fraction of sp³-hybridized carbons (Fsp3) is 0.286. The van der Waals surface area contributed by atoms with Gasteiger partial charge in [-0.25, -0.2) is 18.8 Å². The van der Waals surface area contributed by atoms with E-state index >= 15 is 4.39 Å². The number of carbonyl (C=O) groups excluding carboxylic acids is 5. The first-order chi connectivity index (χ1) is 29.7. The number of aryl methyl sites for hydroxylation is 1. The fourth-order valence-corrected chi connectivity index (χ4v) is 7.21. The second kappa shape index (κ2) is 20.1. The minimum atomic E-state index is -2.06. The Kier molecular flexibility index (Phi) is 14.5. The number of esters is 5. The topological polar surface area (TPSA) is 150 Å². The lowest BCUT2D eigenvalue weighted by molar-refractivity contribution is -0.317. The van der Waals surface area contributed by atoms with Gasteiger partial charge >= 0.3 is 29.8 Å². The summed E-state index contributed by atoms with van der Waals surface area (Å²) in [5, 5.41) is 0. The van der Waals surface area contributed by atoms with Gasteiger partial charge in [0.2, 0.25) is 12.4 Å². The molecule has 1 saturated heterocycles. The van der Waals surface area contributed by atoms with E-state index in [0.29, 0.717) is 0 Å². The number of benzene rings is 5. The maximum Gasteiger partial charge on any atom is 0.338 e. The molecule has 0 saturated carbocycles. The van der Waals surface area contributed by atoms with Crippen LogP contribution in [0.2, 0.25) is 0 Å². The largest absolute Gasteiger partial charge is 0.461 e. The summed E-state index contributed by atoms with van der Waals surface area (Å²) >= 11 is 0. The maximum absolute atomic E-state index is 16.4. The number of hydrogen-bond donors (Lipinski definition) is 0. The van der Waals surface area contributed by atoms with Crippen molar-refractivity contribution < 1.29 is 61.5 Å². The minimum Gasteiger partial charge on any atom is -0.461 e. The first-order valence-electron chi connectivity index (χ1n) is 20.1. The smallest absolute Gasteiger partial charge is 0.338 e. The standard InChI is InChI=1S/C49H47FO12/c1-6-33-22-24-34(25-23-33)26-39-40(50)27-35(29-56-31(3)51)28-41(39)58-48-42(59-46(54)37-18-12-8-13-19-37)44(60-47(55)38-20-14-9-15-21-38)49(5,62-32(4)52)43(61-48)30(2)57-45(53)36-16-10-7-11-17-36/h7-25,27-28,30,42-44,48H,6,26,29H2,1-5H3/t30-,42-,43-,44-,48-,49-/m1/s1. The quantitative estimate of drug-likeness (QED) is 0.0739. The summed E-state index contributed by atoms with van der Waals surface area (Å²) in [6.45, 7) is 6.93. The molecular formula is C49H47FO12. The Morgan fingerprint density at radius 1 is 0.694 bits per heavy atom. The summed E-state index contributed by atoms with van der Waals surface area (Å²) < 4.78 is 59.2. The molecule has 1 aliphatic rings. The van der Waals surface area contributed by atoms with Crippen molar-refractivity contribution in [3.05, 3.63) is 172 Å². The van der Waals surface area contributed by atoms with Gasteiger partial charge < -0.3 is 33.2 Å². The van der Waals surface area contributed by atoms with Gasteiger partial charge in [-0.3, -0.25) is 9.59 Å².